The van der Waals surface area contributed by atoms with Gasteiger partial charge in [-0.15, -0.1) is 0 Å². The summed E-state index contributed by atoms with van der Waals surface area (Å²) in [5.74, 6) is 1.32. The minimum absolute atomic E-state index is 0.630. The monoisotopic (exact) mass is 219 g/mol. The molecule has 1 nitrogen and oxygen atoms in total. The first-order valence-corrected chi connectivity index (χ1v) is 6.48. The molecule has 0 aliphatic rings. The van der Waals surface area contributed by atoms with Gasteiger partial charge in [0.05, 0.1) is 0 Å². The van der Waals surface area contributed by atoms with Crippen molar-refractivity contribution in [1.82, 2.24) is 5.32 Å². The molecular weight excluding hydrogens is 194 g/mol. The van der Waals surface area contributed by atoms with Gasteiger partial charge in [-0.3, -0.25) is 0 Å². The van der Waals surface area contributed by atoms with Crippen LogP contribution in [-0.4, -0.2) is 13.1 Å². The molecule has 0 aliphatic heterocycles. The zero-order chi connectivity index (χ0) is 12.0. The lowest BCUT2D eigenvalue weighted by Gasteiger charge is -2.20. The first kappa shape index (κ1) is 13.2. The second-order valence-corrected chi connectivity index (χ2v) is 4.67. The second kappa shape index (κ2) is 6.70. The van der Waals surface area contributed by atoms with Crippen molar-refractivity contribution in [2.24, 2.45) is 5.92 Å². The zero-order valence-electron chi connectivity index (χ0n) is 11.1. The molecule has 0 aliphatic carbocycles. The van der Waals surface area contributed by atoms with E-state index >= 15 is 0 Å². The molecular formula is C15H25N. The fourth-order valence-electron chi connectivity index (χ4n) is 1.93. The highest BCUT2D eigenvalue weighted by atomic mass is 14.8. The van der Waals surface area contributed by atoms with Crippen molar-refractivity contribution in [3.8, 4) is 0 Å². The van der Waals surface area contributed by atoms with Crippen molar-refractivity contribution in [2.45, 2.75) is 40.0 Å². The quantitative estimate of drug-likeness (QED) is 0.771. The van der Waals surface area contributed by atoms with E-state index in [0.29, 0.717) is 11.8 Å². The van der Waals surface area contributed by atoms with E-state index in [-0.39, 0.29) is 0 Å². The maximum absolute atomic E-state index is 3.42. The van der Waals surface area contributed by atoms with E-state index in [2.05, 4.69) is 57.3 Å². The van der Waals surface area contributed by atoms with E-state index in [4.69, 9.17) is 0 Å². The minimum atomic E-state index is 0.630. The van der Waals surface area contributed by atoms with Gasteiger partial charge in [0.1, 0.15) is 0 Å². The van der Waals surface area contributed by atoms with Gasteiger partial charge in [0.25, 0.3) is 0 Å². The summed E-state index contributed by atoms with van der Waals surface area (Å²) in [5, 5.41) is 3.42. The number of rotatable bonds is 6. The van der Waals surface area contributed by atoms with Gasteiger partial charge in [-0.25, -0.2) is 0 Å². The van der Waals surface area contributed by atoms with Crippen molar-refractivity contribution >= 4 is 0 Å². The number of aryl methyl sites for hydroxylation is 1. The summed E-state index contributed by atoms with van der Waals surface area (Å²) in [6.45, 7) is 11.2. The highest BCUT2D eigenvalue weighted by Gasteiger charge is 2.13. The Kier molecular flexibility index (Phi) is 5.54. The highest BCUT2D eigenvalue weighted by Crippen LogP contribution is 2.23. The Balaban J connectivity index is 2.60. The third-order valence-corrected chi connectivity index (χ3v) is 3.48. The first-order valence-electron chi connectivity index (χ1n) is 6.48. The Bertz CT molecular complexity index is 289. The number of benzene rings is 1. The summed E-state index contributed by atoms with van der Waals surface area (Å²) in [5.41, 5.74) is 2.89. The standard InChI is InChI=1S/C15H25N/c1-5-14-7-9-15(10-8-14)13(4)12(3)11-16-6-2/h7-10,12-13,16H,5-6,11H2,1-4H3. The summed E-state index contributed by atoms with van der Waals surface area (Å²) < 4.78 is 0. The Labute approximate surface area is 100 Å². The topological polar surface area (TPSA) is 12.0 Å². The molecule has 1 aromatic rings. The maximum Gasteiger partial charge on any atom is -0.00175 e. The zero-order valence-corrected chi connectivity index (χ0v) is 11.1. The van der Waals surface area contributed by atoms with E-state index in [0.717, 1.165) is 19.5 Å². The average molecular weight is 219 g/mol. The second-order valence-electron chi connectivity index (χ2n) is 4.67. The van der Waals surface area contributed by atoms with E-state index in [1.54, 1.807) is 0 Å². The molecule has 2 unspecified atom stereocenters. The summed E-state index contributed by atoms with van der Waals surface area (Å²) in [4.78, 5) is 0. The van der Waals surface area contributed by atoms with Crippen LogP contribution in [0.15, 0.2) is 24.3 Å². The molecule has 1 rings (SSSR count). The van der Waals surface area contributed by atoms with Gasteiger partial charge >= 0.3 is 0 Å². The minimum Gasteiger partial charge on any atom is -0.317 e. The van der Waals surface area contributed by atoms with Gasteiger partial charge < -0.3 is 5.32 Å². The van der Waals surface area contributed by atoms with Crippen LogP contribution in [0.1, 0.15) is 44.7 Å². The van der Waals surface area contributed by atoms with Gasteiger partial charge in [-0.05, 0) is 42.5 Å². The van der Waals surface area contributed by atoms with Gasteiger partial charge in [0.2, 0.25) is 0 Å². The molecule has 90 valence electrons. The van der Waals surface area contributed by atoms with Gasteiger partial charge in [-0.2, -0.15) is 0 Å². The lowest BCUT2D eigenvalue weighted by molar-refractivity contribution is 0.454. The molecule has 1 heteroatoms. The normalized spacial score (nSPS) is 14.8. The lowest BCUT2D eigenvalue weighted by Crippen LogP contribution is -2.24. The molecule has 1 aromatic carbocycles. The van der Waals surface area contributed by atoms with Crippen molar-refractivity contribution < 1.29 is 0 Å². The SMILES string of the molecule is CCNCC(C)C(C)c1ccc(CC)cc1. The van der Waals surface area contributed by atoms with Crippen LogP contribution in [0.25, 0.3) is 0 Å². The molecule has 0 fully saturated rings. The molecule has 0 heterocycles. The third kappa shape index (κ3) is 3.64. The summed E-state index contributed by atoms with van der Waals surface area (Å²) >= 11 is 0. The summed E-state index contributed by atoms with van der Waals surface area (Å²) in [6, 6.07) is 9.08. The van der Waals surface area contributed by atoms with E-state index in [1.807, 2.05) is 0 Å². The molecule has 2 atom stereocenters. The smallest absolute Gasteiger partial charge is 0.00175 e. The summed E-state index contributed by atoms with van der Waals surface area (Å²) in [6.07, 6.45) is 1.13. The van der Waals surface area contributed by atoms with Crippen LogP contribution in [0, 0.1) is 5.92 Å². The van der Waals surface area contributed by atoms with Crippen LogP contribution in [0.4, 0.5) is 0 Å². The van der Waals surface area contributed by atoms with Gasteiger partial charge in [0.15, 0.2) is 0 Å². The molecule has 0 amide bonds. The van der Waals surface area contributed by atoms with Crippen LogP contribution in [0.3, 0.4) is 0 Å². The van der Waals surface area contributed by atoms with Crippen LogP contribution in [0.5, 0.6) is 0 Å². The van der Waals surface area contributed by atoms with Crippen molar-refractivity contribution in [3.63, 3.8) is 0 Å². The van der Waals surface area contributed by atoms with Crippen LogP contribution in [0.2, 0.25) is 0 Å². The first-order chi connectivity index (χ1) is 7.69. The van der Waals surface area contributed by atoms with E-state index < -0.39 is 0 Å². The number of nitrogens with one attached hydrogen (secondary N) is 1. The van der Waals surface area contributed by atoms with Crippen LogP contribution in [-0.2, 0) is 6.42 Å². The molecule has 16 heavy (non-hydrogen) atoms. The number of hydrogen-bond acceptors (Lipinski definition) is 1. The van der Waals surface area contributed by atoms with Gasteiger partial charge in [0, 0.05) is 0 Å². The Morgan fingerprint density at radius 2 is 1.69 bits per heavy atom. The van der Waals surface area contributed by atoms with Crippen molar-refractivity contribution in [2.75, 3.05) is 13.1 Å². The van der Waals surface area contributed by atoms with Crippen LogP contribution >= 0.6 is 0 Å². The van der Waals surface area contributed by atoms with E-state index in [1.165, 1.54) is 11.1 Å². The fourth-order valence-corrected chi connectivity index (χ4v) is 1.93. The van der Waals surface area contributed by atoms with Crippen molar-refractivity contribution in [3.05, 3.63) is 35.4 Å². The molecule has 0 radical (unpaired) electrons. The predicted molar refractivity (Wildman–Crippen MR) is 71.9 cm³/mol. The Morgan fingerprint density at radius 1 is 1.06 bits per heavy atom. The van der Waals surface area contributed by atoms with Gasteiger partial charge in [-0.1, -0.05) is 52.0 Å². The van der Waals surface area contributed by atoms with E-state index in [9.17, 15) is 0 Å². The highest BCUT2D eigenvalue weighted by molar-refractivity contribution is 5.25. The molecule has 0 bridgehead atoms. The molecule has 0 saturated heterocycles. The molecule has 1 N–H and O–H groups in total. The Hall–Kier alpha value is -0.820. The lowest BCUT2D eigenvalue weighted by atomic mass is 9.88. The Morgan fingerprint density at radius 3 is 2.19 bits per heavy atom. The third-order valence-electron chi connectivity index (χ3n) is 3.48. The maximum atomic E-state index is 3.42. The fraction of sp³-hybridized carbons (Fsp3) is 0.600. The van der Waals surface area contributed by atoms with Crippen LogP contribution < -0.4 is 5.32 Å². The molecule has 0 spiro atoms. The summed E-state index contributed by atoms with van der Waals surface area (Å²) in [7, 11) is 0. The van der Waals surface area contributed by atoms with Crippen molar-refractivity contribution in [1.29, 1.82) is 0 Å². The number of hydrogen-bond donors (Lipinski definition) is 1. The molecule has 0 saturated carbocycles. The predicted octanol–water partition coefficient (Wildman–Crippen LogP) is 3.60. The molecule has 0 aromatic heterocycles. The average Bonchev–Trinajstić information content (AvgIpc) is 2.35. The largest absolute Gasteiger partial charge is 0.317 e.